The maximum atomic E-state index is 13.1. The average molecular weight is 400 g/mol. The summed E-state index contributed by atoms with van der Waals surface area (Å²) in [5.41, 5.74) is 3.66. The van der Waals surface area contributed by atoms with E-state index in [1.165, 1.54) is 11.8 Å². The highest BCUT2D eigenvalue weighted by Gasteiger charge is 2.37. The van der Waals surface area contributed by atoms with E-state index < -0.39 is 0 Å². The van der Waals surface area contributed by atoms with Gasteiger partial charge in [-0.25, -0.2) is 4.90 Å². The number of ether oxygens (including phenoxy) is 1. The molecule has 0 atom stereocenters. The average Bonchev–Trinajstić information content (AvgIpc) is 2.94. The first-order valence-corrected chi connectivity index (χ1v) is 9.49. The van der Waals surface area contributed by atoms with Gasteiger partial charge in [0, 0.05) is 18.7 Å². The Morgan fingerprint density at radius 2 is 1.60 bits per heavy atom. The topological polar surface area (TPSA) is 75.7 Å². The highest BCUT2D eigenvalue weighted by molar-refractivity contribution is 6.34. The molecule has 0 radical (unpaired) electrons. The molecule has 6 nitrogen and oxygen atoms in total. The Labute approximate surface area is 174 Å². The first kappa shape index (κ1) is 19.4. The second-order valence-corrected chi connectivity index (χ2v) is 7.25. The minimum absolute atomic E-state index is 0.180. The van der Waals surface area contributed by atoms with Crippen LogP contribution in [0.4, 0.5) is 11.4 Å². The van der Waals surface area contributed by atoms with Gasteiger partial charge in [-0.05, 0) is 61.4 Å². The van der Waals surface area contributed by atoms with E-state index in [1.54, 1.807) is 42.5 Å². The number of hydrogen-bond acceptors (Lipinski definition) is 4. The number of amides is 3. The molecule has 1 heterocycles. The van der Waals surface area contributed by atoms with Gasteiger partial charge >= 0.3 is 0 Å². The van der Waals surface area contributed by atoms with Gasteiger partial charge in [0.2, 0.25) is 5.91 Å². The van der Waals surface area contributed by atoms with Gasteiger partial charge in [-0.15, -0.1) is 0 Å². The van der Waals surface area contributed by atoms with Crippen molar-refractivity contribution in [2.45, 2.75) is 20.8 Å². The van der Waals surface area contributed by atoms with Crippen LogP contribution < -0.4 is 15.0 Å². The highest BCUT2D eigenvalue weighted by Crippen LogP contribution is 2.34. The fourth-order valence-corrected chi connectivity index (χ4v) is 3.44. The van der Waals surface area contributed by atoms with Crippen LogP contribution in [0.25, 0.3) is 0 Å². The molecule has 0 unspecified atom stereocenters. The summed E-state index contributed by atoms with van der Waals surface area (Å²) in [5, 5.41) is 2.69. The van der Waals surface area contributed by atoms with Crippen LogP contribution in [0.2, 0.25) is 0 Å². The number of fused-ring (bicyclic) bond motifs is 1. The molecular formula is C24H20N2O4. The van der Waals surface area contributed by atoms with Gasteiger partial charge in [0.25, 0.3) is 11.8 Å². The molecule has 1 N–H and O–H groups in total. The van der Waals surface area contributed by atoms with Crippen LogP contribution in [0.5, 0.6) is 11.5 Å². The second kappa shape index (κ2) is 7.48. The van der Waals surface area contributed by atoms with Gasteiger partial charge in [-0.1, -0.05) is 18.2 Å². The molecule has 0 saturated heterocycles. The number of nitrogens with one attached hydrogen (secondary N) is 1. The minimum Gasteiger partial charge on any atom is -0.457 e. The zero-order valence-corrected chi connectivity index (χ0v) is 16.9. The molecule has 6 heteroatoms. The maximum Gasteiger partial charge on any atom is 0.266 e. The molecule has 3 amide bonds. The molecule has 0 fully saturated rings. The molecule has 0 aliphatic carbocycles. The first-order valence-electron chi connectivity index (χ1n) is 9.49. The predicted octanol–water partition coefficient (Wildman–Crippen LogP) is 4.85. The number of carbonyl (C=O) groups is 3. The fraction of sp³-hybridized carbons (Fsp3) is 0.125. The summed E-state index contributed by atoms with van der Waals surface area (Å²) in [6.45, 7) is 5.22. The lowest BCUT2D eigenvalue weighted by molar-refractivity contribution is -0.114. The third kappa shape index (κ3) is 3.55. The van der Waals surface area contributed by atoms with Crippen molar-refractivity contribution in [1.82, 2.24) is 0 Å². The number of carbonyl (C=O) groups excluding carboxylic acids is 3. The molecule has 1 aliphatic heterocycles. The quantitative estimate of drug-likeness (QED) is 0.635. The molecule has 1 aliphatic rings. The molecule has 150 valence electrons. The first-order chi connectivity index (χ1) is 14.3. The van der Waals surface area contributed by atoms with Crippen LogP contribution >= 0.6 is 0 Å². The van der Waals surface area contributed by atoms with E-state index in [9.17, 15) is 14.4 Å². The largest absolute Gasteiger partial charge is 0.457 e. The minimum atomic E-state index is -0.374. The molecule has 3 aromatic carbocycles. The van der Waals surface area contributed by atoms with Crippen LogP contribution in [-0.2, 0) is 4.79 Å². The van der Waals surface area contributed by atoms with Crippen LogP contribution in [0, 0.1) is 13.8 Å². The van der Waals surface area contributed by atoms with Crippen molar-refractivity contribution in [1.29, 1.82) is 0 Å². The Morgan fingerprint density at radius 3 is 2.37 bits per heavy atom. The maximum absolute atomic E-state index is 13.1. The SMILES string of the molecule is CC(=O)Nc1cccc(Oc2ccc3c(c2)C(=O)N(c2cc(C)ccc2C)C3=O)c1. The van der Waals surface area contributed by atoms with E-state index >= 15 is 0 Å². The van der Waals surface area contributed by atoms with E-state index in [2.05, 4.69) is 5.32 Å². The van der Waals surface area contributed by atoms with Gasteiger partial charge in [-0.3, -0.25) is 14.4 Å². The Morgan fingerprint density at radius 1 is 0.867 bits per heavy atom. The second-order valence-electron chi connectivity index (χ2n) is 7.25. The summed E-state index contributed by atoms with van der Waals surface area (Å²) in [4.78, 5) is 38.4. The monoisotopic (exact) mass is 400 g/mol. The van der Waals surface area contributed by atoms with E-state index in [1.807, 2.05) is 32.0 Å². The van der Waals surface area contributed by atoms with Gasteiger partial charge in [0.05, 0.1) is 16.8 Å². The molecular weight excluding hydrogens is 380 g/mol. The Bertz CT molecular complexity index is 1200. The smallest absolute Gasteiger partial charge is 0.266 e. The Hall–Kier alpha value is -3.93. The summed E-state index contributed by atoms with van der Waals surface area (Å²) in [6, 6.07) is 17.4. The van der Waals surface area contributed by atoms with Crippen molar-refractivity contribution >= 4 is 29.1 Å². The normalized spacial score (nSPS) is 12.7. The number of hydrogen-bond donors (Lipinski definition) is 1. The van der Waals surface area contributed by atoms with E-state index in [0.29, 0.717) is 34.0 Å². The lowest BCUT2D eigenvalue weighted by Gasteiger charge is -2.17. The number of nitrogens with zero attached hydrogens (tertiary/aromatic N) is 1. The highest BCUT2D eigenvalue weighted by atomic mass is 16.5. The number of benzene rings is 3. The van der Waals surface area contributed by atoms with Gasteiger partial charge < -0.3 is 10.1 Å². The summed E-state index contributed by atoms with van der Waals surface area (Å²) < 4.78 is 5.86. The van der Waals surface area contributed by atoms with Crippen LogP contribution in [0.15, 0.2) is 60.7 Å². The van der Waals surface area contributed by atoms with Crippen molar-refractivity contribution in [3.05, 3.63) is 82.9 Å². The standard InChI is InChI=1S/C24H20N2O4/c1-14-7-8-15(2)22(11-14)26-23(28)20-10-9-19(13-21(20)24(26)29)30-18-6-4-5-17(12-18)25-16(3)27/h4-13H,1-3H3,(H,25,27). The van der Waals surface area contributed by atoms with E-state index in [0.717, 1.165) is 11.1 Å². The van der Waals surface area contributed by atoms with E-state index in [-0.39, 0.29) is 17.7 Å². The van der Waals surface area contributed by atoms with Crippen molar-refractivity contribution < 1.29 is 19.1 Å². The predicted molar refractivity (Wildman–Crippen MR) is 114 cm³/mol. The summed E-state index contributed by atoms with van der Waals surface area (Å²) >= 11 is 0. The zero-order chi connectivity index (χ0) is 21.4. The number of aryl methyl sites for hydroxylation is 2. The number of anilines is 2. The van der Waals surface area contributed by atoms with Crippen molar-refractivity contribution in [2.24, 2.45) is 0 Å². The van der Waals surface area contributed by atoms with Crippen molar-refractivity contribution in [3.8, 4) is 11.5 Å². The Balaban J connectivity index is 1.64. The summed E-state index contributed by atoms with van der Waals surface area (Å²) in [5.74, 6) is 0.0337. The van der Waals surface area contributed by atoms with Crippen LogP contribution in [0.1, 0.15) is 38.8 Å². The van der Waals surface area contributed by atoms with Crippen molar-refractivity contribution in [3.63, 3.8) is 0 Å². The van der Waals surface area contributed by atoms with E-state index in [4.69, 9.17) is 4.74 Å². The van der Waals surface area contributed by atoms with Gasteiger partial charge in [-0.2, -0.15) is 0 Å². The molecule has 4 rings (SSSR count). The Kier molecular flexibility index (Phi) is 4.83. The van der Waals surface area contributed by atoms with Crippen LogP contribution in [-0.4, -0.2) is 17.7 Å². The third-order valence-electron chi connectivity index (χ3n) is 4.85. The van der Waals surface area contributed by atoms with Gasteiger partial charge in [0.1, 0.15) is 11.5 Å². The fourth-order valence-electron chi connectivity index (χ4n) is 3.44. The van der Waals surface area contributed by atoms with Crippen LogP contribution in [0.3, 0.4) is 0 Å². The lowest BCUT2D eigenvalue weighted by Crippen LogP contribution is -2.30. The summed E-state index contributed by atoms with van der Waals surface area (Å²) in [7, 11) is 0. The lowest BCUT2D eigenvalue weighted by atomic mass is 10.1. The molecule has 0 bridgehead atoms. The van der Waals surface area contributed by atoms with Gasteiger partial charge in [0.15, 0.2) is 0 Å². The molecule has 3 aromatic rings. The number of rotatable bonds is 4. The third-order valence-corrected chi connectivity index (χ3v) is 4.85. The molecule has 0 spiro atoms. The molecule has 0 saturated carbocycles. The number of imide groups is 1. The summed E-state index contributed by atoms with van der Waals surface area (Å²) in [6.07, 6.45) is 0. The molecule has 0 aromatic heterocycles. The van der Waals surface area contributed by atoms with Crippen molar-refractivity contribution in [2.75, 3.05) is 10.2 Å². The molecule has 30 heavy (non-hydrogen) atoms. The zero-order valence-electron chi connectivity index (χ0n) is 16.9.